The smallest absolute Gasteiger partial charge is 0.0683 e. The number of rotatable bonds is 4. The highest BCUT2D eigenvalue weighted by molar-refractivity contribution is 5.35. The Morgan fingerprint density at radius 1 is 0.889 bits per heavy atom. The van der Waals surface area contributed by atoms with Crippen molar-refractivity contribution in [1.29, 1.82) is 0 Å². The Balaban J connectivity index is 1.80. The molecule has 1 aliphatic carbocycles. The molecule has 0 amide bonds. The summed E-state index contributed by atoms with van der Waals surface area (Å²) in [7, 11) is 0. The van der Waals surface area contributed by atoms with E-state index in [1.54, 1.807) is 0 Å². The number of hydrogen-bond donors (Lipinski definition) is 0. The first-order chi connectivity index (χ1) is 12.4. The minimum atomic E-state index is 0.0849. The molecule has 0 aliphatic heterocycles. The van der Waals surface area contributed by atoms with Gasteiger partial charge < -0.3 is 0 Å². The molecule has 1 aliphatic rings. The summed E-state index contributed by atoms with van der Waals surface area (Å²) in [5.74, 6) is 0. The fourth-order valence-electron chi connectivity index (χ4n) is 4.60. The van der Waals surface area contributed by atoms with Gasteiger partial charge in [-0.05, 0) is 36.3 Å². The van der Waals surface area contributed by atoms with Gasteiger partial charge in [-0.15, -0.1) is 0 Å². The number of hydrogen-bond acceptors (Lipinski definition) is 3. The average Bonchev–Trinajstić information content (AvgIpc) is 2.80. The Morgan fingerprint density at radius 3 is 2.07 bits per heavy atom. The van der Waals surface area contributed by atoms with E-state index in [0.717, 1.165) is 25.0 Å². The van der Waals surface area contributed by atoms with Crippen LogP contribution in [0.15, 0.2) is 30.7 Å². The Hall–Kier alpha value is -1.77. The molecule has 0 fully saturated rings. The monoisotopic (exact) mass is 365 g/mol. The second-order valence-electron chi connectivity index (χ2n) is 10.9. The van der Waals surface area contributed by atoms with Gasteiger partial charge in [0, 0.05) is 40.5 Å². The van der Waals surface area contributed by atoms with E-state index in [1.165, 1.54) is 17.0 Å². The van der Waals surface area contributed by atoms with Gasteiger partial charge in [-0.2, -0.15) is 0 Å². The Labute approximate surface area is 165 Å². The minimum Gasteiger partial charge on any atom is -0.260 e. The molecular weight excluding hydrogens is 330 g/mol. The molecule has 146 valence electrons. The molecule has 2 heterocycles. The van der Waals surface area contributed by atoms with Crippen LogP contribution in [0.4, 0.5) is 0 Å². The second-order valence-corrected chi connectivity index (χ2v) is 10.9. The quantitative estimate of drug-likeness (QED) is 0.680. The lowest BCUT2D eigenvalue weighted by Gasteiger charge is -2.32. The molecule has 3 heteroatoms. The zero-order valence-corrected chi connectivity index (χ0v) is 18.3. The normalized spacial score (nSPS) is 21.9. The lowest BCUT2D eigenvalue weighted by Crippen LogP contribution is -2.27. The average molecular weight is 366 g/mol. The number of nitrogens with zero attached hydrogens (tertiary/aromatic N) is 3. The van der Waals surface area contributed by atoms with Gasteiger partial charge in [-0.25, -0.2) is 0 Å². The maximum atomic E-state index is 4.75. The molecule has 2 aromatic heterocycles. The van der Waals surface area contributed by atoms with Crippen molar-refractivity contribution in [2.45, 2.75) is 96.3 Å². The molecule has 0 N–H and O–H groups in total. The highest BCUT2D eigenvalue weighted by Crippen LogP contribution is 2.50. The Kier molecular flexibility index (Phi) is 4.73. The van der Waals surface area contributed by atoms with Gasteiger partial charge in [-0.1, -0.05) is 61.5 Å². The van der Waals surface area contributed by atoms with Crippen molar-refractivity contribution in [1.82, 2.24) is 15.0 Å². The molecule has 0 spiro atoms. The van der Waals surface area contributed by atoms with Crippen LogP contribution < -0.4 is 0 Å². The van der Waals surface area contributed by atoms with Crippen LogP contribution in [0.1, 0.15) is 97.3 Å². The van der Waals surface area contributed by atoms with Crippen molar-refractivity contribution in [2.75, 3.05) is 0 Å². The molecule has 27 heavy (non-hydrogen) atoms. The fraction of sp³-hybridized carbons (Fsp3) is 0.625. The number of fused-ring (bicyclic) bond motifs is 1. The van der Waals surface area contributed by atoms with Crippen LogP contribution in [0.5, 0.6) is 0 Å². The van der Waals surface area contributed by atoms with Crippen LogP contribution in [0, 0.1) is 0 Å². The van der Waals surface area contributed by atoms with E-state index in [2.05, 4.69) is 78.7 Å². The third kappa shape index (κ3) is 3.79. The van der Waals surface area contributed by atoms with E-state index in [0.29, 0.717) is 0 Å². The third-order valence-electron chi connectivity index (χ3n) is 6.36. The number of pyridine rings is 1. The highest BCUT2D eigenvalue weighted by Gasteiger charge is 2.47. The van der Waals surface area contributed by atoms with E-state index >= 15 is 0 Å². The first kappa shape index (κ1) is 20.0. The summed E-state index contributed by atoms with van der Waals surface area (Å²) in [5, 5.41) is 0. The summed E-state index contributed by atoms with van der Waals surface area (Å²) in [6, 6.07) is 4.46. The predicted molar refractivity (Wildman–Crippen MR) is 112 cm³/mol. The molecular formula is C24H35N3. The van der Waals surface area contributed by atoms with E-state index < -0.39 is 0 Å². The SMILES string of the molecule is CC(C)(C)c1ccc(C(C)(C)CC[C@]2(C)CC(C)(C)c3nccnc32)cn1. The molecule has 3 nitrogen and oxygen atoms in total. The van der Waals surface area contributed by atoms with Gasteiger partial charge >= 0.3 is 0 Å². The zero-order valence-electron chi connectivity index (χ0n) is 18.3. The number of aromatic nitrogens is 3. The highest BCUT2D eigenvalue weighted by atomic mass is 14.9. The lowest BCUT2D eigenvalue weighted by molar-refractivity contribution is 0.309. The summed E-state index contributed by atoms with van der Waals surface area (Å²) >= 11 is 0. The van der Waals surface area contributed by atoms with E-state index in [-0.39, 0.29) is 21.7 Å². The molecule has 1 atom stereocenters. The predicted octanol–water partition coefficient (Wildman–Crippen LogP) is 5.87. The van der Waals surface area contributed by atoms with Crippen molar-refractivity contribution in [3.05, 3.63) is 53.4 Å². The Bertz CT molecular complexity index is 812. The summed E-state index contributed by atoms with van der Waals surface area (Å²) in [6.45, 7) is 18.3. The summed E-state index contributed by atoms with van der Waals surface area (Å²) in [6.07, 6.45) is 9.08. The second kappa shape index (κ2) is 6.39. The topological polar surface area (TPSA) is 38.7 Å². The third-order valence-corrected chi connectivity index (χ3v) is 6.36. The molecule has 3 rings (SSSR count). The molecule has 0 radical (unpaired) electrons. The van der Waals surface area contributed by atoms with Crippen LogP contribution >= 0.6 is 0 Å². The Morgan fingerprint density at radius 2 is 1.52 bits per heavy atom. The van der Waals surface area contributed by atoms with E-state index in [1.807, 2.05) is 12.4 Å². The maximum absolute atomic E-state index is 4.75. The first-order valence-corrected chi connectivity index (χ1v) is 10.1. The molecule has 0 bridgehead atoms. The molecule has 2 aromatic rings. The summed E-state index contributed by atoms with van der Waals surface area (Å²) < 4.78 is 0. The van der Waals surface area contributed by atoms with Crippen LogP contribution in [0.3, 0.4) is 0 Å². The largest absolute Gasteiger partial charge is 0.260 e. The van der Waals surface area contributed by atoms with Gasteiger partial charge in [-0.3, -0.25) is 15.0 Å². The van der Waals surface area contributed by atoms with Crippen LogP contribution in [-0.2, 0) is 21.7 Å². The minimum absolute atomic E-state index is 0.0849. The van der Waals surface area contributed by atoms with Crippen molar-refractivity contribution in [3.8, 4) is 0 Å². The van der Waals surface area contributed by atoms with Gasteiger partial charge in [0.1, 0.15) is 0 Å². The molecule has 0 aromatic carbocycles. The fourth-order valence-corrected chi connectivity index (χ4v) is 4.60. The van der Waals surface area contributed by atoms with Crippen molar-refractivity contribution in [2.24, 2.45) is 0 Å². The van der Waals surface area contributed by atoms with Crippen molar-refractivity contribution >= 4 is 0 Å². The summed E-state index contributed by atoms with van der Waals surface area (Å²) in [4.78, 5) is 14.2. The molecule has 0 unspecified atom stereocenters. The van der Waals surface area contributed by atoms with Crippen molar-refractivity contribution < 1.29 is 0 Å². The van der Waals surface area contributed by atoms with Gasteiger partial charge in [0.15, 0.2) is 0 Å². The first-order valence-electron chi connectivity index (χ1n) is 10.1. The van der Waals surface area contributed by atoms with Gasteiger partial charge in [0.25, 0.3) is 0 Å². The molecule has 0 saturated heterocycles. The van der Waals surface area contributed by atoms with E-state index in [4.69, 9.17) is 9.97 Å². The lowest BCUT2D eigenvalue weighted by atomic mass is 9.72. The van der Waals surface area contributed by atoms with Crippen LogP contribution in [0.25, 0.3) is 0 Å². The standard InChI is InChI=1S/C24H35N3/c1-21(2,3)18-10-9-17(15-27-18)22(4,5)11-12-24(8)16-23(6,7)19-20(24)26-14-13-25-19/h9-10,13-15H,11-12,16H2,1-8H3/t24-/m1/s1. The van der Waals surface area contributed by atoms with Crippen LogP contribution in [0.2, 0.25) is 0 Å². The van der Waals surface area contributed by atoms with Crippen molar-refractivity contribution in [3.63, 3.8) is 0 Å². The van der Waals surface area contributed by atoms with Crippen LogP contribution in [-0.4, -0.2) is 15.0 Å². The zero-order chi connectivity index (χ0) is 20.1. The molecule has 0 saturated carbocycles. The maximum Gasteiger partial charge on any atom is 0.0683 e. The van der Waals surface area contributed by atoms with Gasteiger partial charge in [0.2, 0.25) is 0 Å². The van der Waals surface area contributed by atoms with Gasteiger partial charge in [0.05, 0.1) is 11.4 Å². The summed E-state index contributed by atoms with van der Waals surface area (Å²) in [5.41, 5.74) is 5.21. The van der Waals surface area contributed by atoms with E-state index in [9.17, 15) is 0 Å².